The Bertz CT molecular complexity index is 582. The largest absolute Gasteiger partial charge is 0.497 e. The zero-order valence-corrected chi connectivity index (χ0v) is 13.6. The van der Waals surface area contributed by atoms with Gasteiger partial charge in [0, 0.05) is 34.9 Å². The van der Waals surface area contributed by atoms with E-state index in [0.29, 0.717) is 11.6 Å². The fourth-order valence-electron chi connectivity index (χ4n) is 1.76. The lowest BCUT2D eigenvalue weighted by Gasteiger charge is -2.11. The van der Waals surface area contributed by atoms with Crippen molar-refractivity contribution in [3.63, 3.8) is 0 Å². The number of rotatable bonds is 5. The van der Waals surface area contributed by atoms with Gasteiger partial charge in [0.15, 0.2) is 0 Å². The van der Waals surface area contributed by atoms with Crippen LogP contribution in [-0.4, -0.2) is 14.2 Å². The second kappa shape index (κ2) is 6.86. The van der Waals surface area contributed by atoms with Crippen LogP contribution in [0.1, 0.15) is 5.56 Å². The first-order valence-corrected chi connectivity index (χ1v) is 7.20. The highest BCUT2D eigenvalue weighted by atomic mass is 79.9. The molecule has 5 heteroatoms. The average molecular weight is 357 g/mol. The number of ether oxygens (including phenoxy) is 2. The predicted molar refractivity (Wildman–Crippen MR) is 86.0 cm³/mol. The van der Waals surface area contributed by atoms with Crippen LogP contribution in [0.4, 0.5) is 5.69 Å². The van der Waals surface area contributed by atoms with E-state index in [1.807, 2.05) is 36.4 Å². The van der Waals surface area contributed by atoms with E-state index in [0.717, 1.165) is 27.2 Å². The normalized spacial score (nSPS) is 10.2. The monoisotopic (exact) mass is 355 g/mol. The number of benzene rings is 2. The van der Waals surface area contributed by atoms with Gasteiger partial charge in [-0.25, -0.2) is 0 Å². The molecule has 2 rings (SSSR count). The lowest BCUT2D eigenvalue weighted by atomic mass is 10.2. The molecule has 0 aliphatic heterocycles. The van der Waals surface area contributed by atoms with Gasteiger partial charge in [0.2, 0.25) is 0 Å². The fraction of sp³-hybridized carbons (Fsp3) is 0.200. The molecule has 106 valence electrons. The zero-order chi connectivity index (χ0) is 14.5. The molecule has 20 heavy (non-hydrogen) atoms. The van der Waals surface area contributed by atoms with Crippen molar-refractivity contribution in [2.45, 2.75) is 6.54 Å². The van der Waals surface area contributed by atoms with Crippen LogP contribution in [0.3, 0.4) is 0 Å². The summed E-state index contributed by atoms with van der Waals surface area (Å²) in [5.74, 6) is 1.51. The van der Waals surface area contributed by atoms with Crippen LogP contribution in [0.15, 0.2) is 40.9 Å². The SMILES string of the molecule is COc1cc(NCc2ccc(Cl)c(Br)c2)cc(OC)c1. The Hall–Kier alpha value is -1.39. The number of hydrogen-bond acceptors (Lipinski definition) is 3. The number of nitrogens with one attached hydrogen (secondary N) is 1. The van der Waals surface area contributed by atoms with E-state index in [2.05, 4.69) is 21.2 Å². The molecule has 0 atom stereocenters. The van der Waals surface area contributed by atoms with Gasteiger partial charge in [0.05, 0.1) is 19.2 Å². The average Bonchev–Trinajstić information content (AvgIpc) is 2.48. The molecule has 2 aromatic rings. The molecule has 0 fully saturated rings. The van der Waals surface area contributed by atoms with E-state index < -0.39 is 0 Å². The summed E-state index contributed by atoms with van der Waals surface area (Å²) in [6.45, 7) is 0.687. The van der Waals surface area contributed by atoms with E-state index in [9.17, 15) is 0 Å². The van der Waals surface area contributed by atoms with E-state index >= 15 is 0 Å². The summed E-state index contributed by atoms with van der Waals surface area (Å²) in [5.41, 5.74) is 2.07. The maximum Gasteiger partial charge on any atom is 0.124 e. The molecule has 0 unspecified atom stereocenters. The molecule has 0 aliphatic carbocycles. The van der Waals surface area contributed by atoms with Gasteiger partial charge in [-0.2, -0.15) is 0 Å². The fourth-order valence-corrected chi connectivity index (χ4v) is 2.31. The highest BCUT2D eigenvalue weighted by molar-refractivity contribution is 9.10. The molecule has 3 nitrogen and oxygen atoms in total. The molecule has 0 spiro atoms. The molecule has 1 N–H and O–H groups in total. The second-order valence-electron chi connectivity index (χ2n) is 4.20. The Kier molecular flexibility index (Phi) is 5.15. The molecule has 2 aromatic carbocycles. The Morgan fingerprint density at radius 2 is 1.70 bits per heavy atom. The maximum atomic E-state index is 5.98. The molecule has 0 aromatic heterocycles. The summed E-state index contributed by atoms with van der Waals surface area (Å²) in [6, 6.07) is 11.5. The summed E-state index contributed by atoms with van der Waals surface area (Å²) in [6.07, 6.45) is 0. The van der Waals surface area contributed by atoms with Crippen LogP contribution in [0.25, 0.3) is 0 Å². The first kappa shape index (κ1) is 15.0. The van der Waals surface area contributed by atoms with Gasteiger partial charge in [-0.3, -0.25) is 0 Å². The van der Waals surface area contributed by atoms with Gasteiger partial charge >= 0.3 is 0 Å². The van der Waals surface area contributed by atoms with Crippen molar-refractivity contribution in [2.75, 3.05) is 19.5 Å². The van der Waals surface area contributed by atoms with Crippen molar-refractivity contribution < 1.29 is 9.47 Å². The standard InChI is InChI=1S/C15H15BrClNO2/c1-19-12-6-11(7-13(8-12)20-2)18-9-10-3-4-15(17)14(16)5-10/h3-8,18H,9H2,1-2H3. The molecule has 0 radical (unpaired) electrons. The van der Waals surface area contributed by atoms with Crippen LogP contribution < -0.4 is 14.8 Å². The Balaban J connectivity index is 2.11. The number of methoxy groups -OCH3 is 2. The van der Waals surface area contributed by atoms with Crippen LogP contribution in [0, 0.1) is 0 Å². The summed E-state index contributed by atoms with van der Waals surface area (Å²) in [7, 11) is 3.27. The zero-order valence-electron chi connectivity index (χ0n) is 11.2. The molecule has 0 bridgehead atoms. The smallest absolute Gasteiger partial charge is 0.124 e. The minimum atomic E-state index is 0.687. The van der Waals surface area contributed by atoms with Crippen molar-refractivity contribution in [3.05, 3.63) is 51.5 Å². The summed E-state index contributed by atoms with van der Waals surface area (Å²) >= 11 is 9.39. The van der Waals surface area contributed by atoms with E-state index in [-0.39, 0.29) is 0 Å². The molecule has 0 saturated carbocycles. The van der Waals surface area contributed by atoms with E-state index in [1.54, 1.807) is 14.2 Å². The van der Waals surface area contributed by atoms with Crippen molar-refractivity contribution in [1.82, 2.24) is 0 Å². The highest BCUT2D eigenvalue weighted by Crippen LogP contribution is 2.27. The van der Waals surface area contributed by atoms with Crippen LogP contribution in [0.5, 0.6) is 11.5 Å². The Labute approximate surface area is 132 Å². The van der Waals surface area contributed by atoms with Gasteiger partial charge in [0.25, 0.3) is 0 Å². The third-order valence-electron chi connectivity index (χ3n) is 2.83. The predicted octanol–water partition coefficient (Wildman–Crippen LogP) is 4.73. The highest BCUT2D eigenvalue weighted by Gasteiger charge is 2.03. The van der Waals surface area contributed by atoms with Crippen LogP contribution >= 0.6 is 27.5 Å². The van der Waals surface area contributed by atoms with Gasteiger partial charge in [-0.15, -0.1) is 0 Å². The van der Waals surface area contributed by atoms with Crippen LogP contribution in [-0.2, 0) is 6.54 Å². The van der Waals surface area contributed by atoms with Crippen molar-refractivity contribution in [2.24, 2.45) is 0 Å². The first-order chi connectivity index (χ1) is 9.62. The minimum Gasteiger partial charge on any atom is -0.497 e. The maximum absolute atomic E-state index is 5.98. The molecule has 0 amide bonds. The Morgan fingerprint density at radius 1 is 1.05 bits per heavy atom. The second-order valence-corrected chi connectivity index (χ2v) is 5.46. The van der Waals surface area contributed by atoms with Gasteiger partial charge in [-0.1, -0.05) is 17.7 Å². The van der Waals surface area contributed by atoms with Gasteiger partial charge < -0.3 is 14.8 Å². The summed E-state index contributed by atoms with van der Waals surface area (Å²) in [5, 5.41) is 4.04. The quantitative estimate of drug-likeness (QED) is 0.840. The molecular formula is C15H15BrClNO2. The van der Waals surface area contributed by atoms with Gasteiger partial charge in [0.1, 0.15) is 11.5 Å². The van der Waals surface area contributed by atoms with Gasteiger partial charge in [-0.05, 0) is 33.6 Å². The molecule has 0 saturated heterocycles. The lowest BCUT2D eigenvalue weighted by Crippen LogP contribution is -2.00. The molecular weight excluding hydrogens is 342 g/mol. The lowest BCUT2D eigenvalue weighted by molar-refractivity contribution is 0.394. The number of hydrogen-bond donors (Lipinski definition) is 1. The number of halogens is 2. The molecule has 0 heterocycles. The topological polar surface area (TPSA) is 30.5 Å². The summed E-state index contributed by atoms with van der Waals surface area (Å²) < 4.78 is 11.4. The number of anilines is 1. The third-order valence-corrected chi connectivity index (χ3v) is 4.05. The minimum absolute atomic E-state index is 0.687. The van der Waals surface area contributed by atoms with Crippen LogP contribution in [0.2, 0.25) is 5.02 Å². The van der Waals surface area contributed by atoms with Crippen molar-refractivity contribution in [1.29, 1.82) is 0 Å². The van der Waals surface area contributed by atoms with E-state index in [1.165, 1.54) is 0 Å². The summed E-state index contributed by atoms with van der Waals surface area (Å²) in [4.78, 5) is 0. The first-order valence-electron chi connectivity index (χ1n) is 6.03. The van der Waals surface area contributed by atoms with E-state index in [4.69, 9.17) is 21.1 Å². The van der Waals surface area contributed by atoms with Crippen molar-refractivity contribution in [3.8, 4) is 11.5 Å². The third kappa shape index (κ3) is 3.81. The van der Waals surface area contributed by atoms with Crippen molar-refractivity contribution >= 4 is 33.2 Å². The Morgan fingerprint density at radius 3 is 2.25 bits per heavy atom. The molecule has 0 aliphatic rings.